The van der Waals surface area contributed by atoms with Crippen LogP contribution < -0.4 is 0 Å². The number of furan rings is 1. The van der Waals surface area contributed by atoms with Crippen LogP contribution in [0, 0.1) is 0 Å². The normalized spacial score (nSPS) is 11.2. The second-order valence-corrected chi connectivity index (χ2v) is 3.98. The smallest absolute Gasteiger partial charge is 0.169 e. The summed E-state index contributed by atoms with van der Waals surface area (Å²) in [6.07, 6.45) is 0. The van der Waals surface area contributed by atoms with Gasteiger partial charge in [-0.1, -0.05) is 0 Å². The minimum atomic E-state index is 0.144. The largest absolute Gasteiger partial charge is 0.453 e. The first-order chi connectivity index (χ1) is 7.26. The molecule has 4 nitrogen and oxygen atoms in total. The molecule has 86 valence electrons. The summed E-state index contributed by atoms with van der Waals surface area (Å²) < 4.78 is 11.1. The Balaban J connectivity index is 2.42. The molecule has 5 heteroatoms. The third kappa shape index (κ3) is 4.79. The van der Waals surface area contributed by atoms with Crippen LogP contribution in [0.15, 0.2) is 21.2 Å². The summed E-state index contributed by atoms with van der Waals surface area (Å²) in [5.74, 6) is 0.881. The van der Waals surface area contributed by atoms with E-state index in [0.717, 1.165) is 17.0 Å². The Morgan fingerprint density at radius 3 is 2.80 bits per heavy atom. The molecule has 1 heterocycles. The monoisotopic (exact) mass is 277 g/mol. The van der Waals surface area contributed by atoms with Gasteiger partial charge < -0.3 is 14.3 Å². The van der Waals surface area contributed by atoms with Crippen LogP contribution in [0.3, 0.4) is 0 Å². The van der Waals surface area contributed by atoms with Crippen molar-refractivity contribution in [2.75, 3.05) is 33.4 Å². The van der Waals surface area contributed by atoms with Crippen LogP contribution in [-0.4, -0.2) is 43.4 Å². The Morgan fingerprint density at radius 1 is 1.47 bits per heavy atom. The van der Waals surface area contributed by atoms with Gasteiger partial charge in [-0.05, 0) is 28.1 Å². The summed E-state index contributed by atoms with van der Waals surface area (Å²) in [6.45, 7) is 2.90. The van der Waals surface area contributed by atoms with E-state index in [0.29, 0.717) is 19.7 Å². The van der Waals surface area contributed by atoms with Crippen LogP contribution in [0.25, 0.3) is 0 Å². The van der Waals surface area contributed by atoms with Crippen molar-refractivity contribution < 1.29 is 14.3 Å². The van der Waals surface area contributed by atoms with Gasteiger partial charge >= 0.3 is 0 Å². The summed E-state index contributed by atoms with van der Waals surface area (Å²) >= 11 is 3.25. The maximum atomic E-state index is 8.90. The Kier molecular flexibility index (Phi) is 5.93. The van der Waals surface area contributed by atoms with Crippen LogP contribution >= 0.6 is 15.9 Å². The second-order valence-electron chi connectivity index (χ2n) is 3.20. The van der Waals surface area contributed by atoms with Gasteiger partial charge in [-0.3, -0.25) is 4.90 Å². The highest BCUT2D eigenvalue weighted by molar-refractivity contribution is 9.10. The number of aliphatic hydroxyl groups excluding tert-OH is 1. The molecule has 0 saturated heterocycles. The molecule has 0 bridgehead atoms. The highest BCUT2D eigenvalue weighted by atomic mass is 79.9. The number of ether oxygens (including phenoxy) is 1. The maximum absolute atomic E-state index is 8.90. The minimum Gasteiger partial charge on any atom is -0.453 e. The fourth-order valence-corrected chi connectivity index (χ4v) is 1.63. The molecule has 0 spiro atoms. The van der Waals surface area contributed by atoms with E-state index in [-0.39, 0.29) is 6.61 Å². The molecule has 0 atom stereocenters. The van der Waals surface area contributed by atoms with Gasteiger partial charge in [-0.25, -0.2) is 0 Å². The van der Waals surface area contributed by atoms with E-state index in [1.807, 2.05) is 12.1 Å². The van der Waals surface area contributed by atoms with E-state index in [4.69, 9.17) is 14.3 Å². The molecular weight excluding hydrogens is 262 g/mol. The molecule has 1 rings (SSSR count). The molecular formula is C10H16BrNO3. The SMILES string of the molecule is COCCN(CCO)Cc1ccc(Br)o1. The van der Waals surface area contributed by atoms with Crippen LogP contribution in [0.5, 0.6) is 0 Å². The summed E-state index contributed by atoms with van der Waals surface area (Å²) in [5.41, 5.74) is 0. The van der Waals surface area contributed by atoms with E-state index in [2.05, 4.69) is 20.8 Å². The second kappa shape index (κ2) is 7.00. The van der Waals surface area contributed by atoms with Crippen LogP contribution in [0.1, 0.15) is 5.76 Å². The number of hydrogen-bond donors (Lipinski definition) is 1. The first-order valence-corrected chi connectivity index (χ1v) is 5.62. The first-order valence-electron chi connectivity index (χ1n) is 4.82. The number of nitrogens with zero attached hydrogens (tertiary/aromatic N) is 1. The van der Waals surface area contributed by atoms with E-state index in [1.165, 1.54) is 0 Å². The molecule has 0 saturated carbocycles. The predicted molar refractivity (Wildman–Crippen MR) is 60.6 cm³/mol. The van der Waals surface area contributed by atoms with E-state index >= 15 is 0 Å². The summed E-state index contributed by atoms with van der Waals surface area (Å²) in [6, 6.07) is 3.78. The first kappa shape index (κ1) is 12.7. The van der Waals surface area contributed by atoms with E-state index in [9.17, 15) is 0 Å². The van der Waals surface area contributed by atoms with Gasteiger partial charge in [0.1, 0.15) is 5.76 Å². The molecule has 0 aliphatic rings. The van der Waals surface area contributed by atoms with Gasteiger partial charge in [0, 0.05) is 20.2 Å². The standard InChI is InChI=1S/C10H16BrNO3/c1-14-7-5-12(4-6-13)8-9-2-3-10(11)15-9/h2-3,13H,4-8H2,1H3. The van der Waals surface area contributed by atoms with Crippen molar-refractivity contribution in [1.29, 1.82) is 0 Å². The molecule has 0 fully saturated rings. The molecule has 0 aromatic carbocycles. The van der Waals surface area contributed by atoms with Crippen molar-refractivity contribution in [3.8, 4) is 0 Å². The van der Waals surface area contributed by atoms with Gasteiger partial charge in [0.25, 0.3) is 0 Å². The fraction of sp³-hybridized carbons (Fsp3) is 0.600. The van der Waals surface area contributed by atoms with Crippen molar-refractivity contribution in [3.05, 3.63) is 22.6 Å². The Labute approximate surface area is 98.0 Å². The van der Waals surface area contributed by atoms with E-state index in [1.54, 1.807) is 7.11 Å². The Morgan fingerprint density at radius 2 is 2.27 bits per heavy atom. The van der Waals surface area contributed by atoms with Crippen molar-refractivity contribution in [1.82, 2.24) is 4.90 Å². The third-order valence-electron chi connectivity index (χ3n) is 2.04. The van der Waals surface area contributed by atoms with Gasteiger partial charge in [-0.2, -0.15) is 0 Å². The lowest BCUT2D eigenvalue weighted by Gasteiger charge is -2.19. The minimum absolute atomic E-state index is 0.144. The lowest BCUT2D eigenvalue weighted by Crippen LogP contribution is -2.29. The molecule has 1 aromatic heterocycles. The van der Waals surface area contributed by atoms with Gasteiger partial charge in [-0.15, -0.1) is 0 Å². The fourth-order valence-electron chi connectivity index (χ4n) is 1.29. The molecule has 1 aromatic rings. The highest BCUT2D eigenvalue weighted by Gasteiger charge is 2.07. The lowest BCUT2D eigenvalue weighted by molar-refractivity contribution is 0.121. The average Bonchev–Trinajstić information content (AvgIpc) is 2.61. The van der Waals surface area contributed by atoms with Crippen LogP contribution in [0.2, 0.25) is 0 Å². The number of rotatable bonds is 7. The summed E-state index contributed by atoms with van der Waals surface area (Å²) in [5, 5.41) is 8.90. The summed E-state index contributed by atoms with van der Waals surface area (Å²) in [7, 11) is 1.67. The van der Waals surface area contributed by atoms with Crippen molar-refractivity contribution in [3.63, 3.8) is 0 Å². The van der Waals surface area contributed by atoms with Crippen LogP contribution in [-0.2, 0) is 11.3 Å². The number of hydrogen-bond acceptors (Lipinski definition) is 4. The Hall–Kier alpha value is -0.360. The zero-order chi connectivity index (χ0) is 11.1. The van der Waals surface area contributed by atoms with Crippen molar-refractivity contribution in [2.45, 2.75) is 6.54 Å². The average molecular weight is 278 g/mol. The number of methoxy groups -OCH3 is 1. The topological polar surface area (TPSA) is 45.8 Å². The van der Waals surface area contributed by atoms with E-state index < -0.39 is 0 Å². The third-order valence-corrected chi connectivity index (χ3v) is 2.46. The summed E-state index contributed by atoms with van der Waals surface area (Å²) in [4.78, 5) is 2.08. The zero-order valence-electron chi connectivity index (χ0n) is 8.78. The van der Waals surface area contributed by atoms with Crippen molar-refractivity contribution in [2.24, 2.45) is 0 Å². The highest BCUT2D eigenvalue weighted by Crippen LogP contribution is 2.15. The van der Waals surface area contributed by atoms with Gasteiger partial charge in [0.2, 0.25) is 0 Å². The predicted octanol–water partition coefficient (Wildman–Crippen LogP) is 1.48. The molecule has 15 heavy (non-hydrogen) atoms. The van der Waals surface area contributed by atoms with Gasteiger partial charge in [0.15, 0.2) is 4.67 Å². The molecule has 1 N–H and O–H groups in total. The molecule has 0 unspecified atom stereocenters. The molecule has 0 radical (unpaired) electrons. The lowest BCUT2D eigenvalue weighted by atomic mass is 10.4. The van der Waals surface area contributed by atoms with Crippen molar-refractivity contribution >= 4 is 15.9 Å². The molecule has 0 aliphatic carbocycles. The maximum Gasteiger partial charge on any atom is 0.169 e. The molecule has 0 amide bonds. The van der Waals surface area contributed by atoms with Gasteiger partial charge in [0.05, 0.1) is 19.8 Å². The number of aliphatic hydroxyl groups is 1. The van der Waals surface area contributed by atoms with Crippen LogP contribution in [0.4, 0.5) is 0 Å². The molecule has 0 aliphatic heterocycles. The number of halogens is 1. The zero-order valence-corrected chi connectivity index (χ0v) is 10.4. The quantitative estimate of drug-likeness (QED) is 0.820. The Bertz CT molecular complexity index is 277.